The van der Waals surface area contributed by atoms with E-state index < -0.39 is 0 Å². The fraction of sp³-hybridized carbons (Fsp3) is 0.562. The van der Waals surface area contributed by atoms with Crippen molar-refractivity contribution in [1.29, 1.82) is 0 Å². The van der Waals surface area contributed by atoms with Crippen LogP contribution < -0.4 is 19.5 Å². The Labute approximate surface area is 131 Å². The highest BCUT2D eigenvalue weighted by molar-refractivity contribution is 5.70. The second kappa shape index (κ2) is 9.15. The van der Waals surface area contributed by atoms with Crippen LogP contribution in [-0.4, -0.2) is 39.9 Å². The number of carbonyl (C=O) groups excluding carboxylic acids is 1. The summed E-state index contributed by atoms with van der Waals surface area (Å²) in [4.78, 5) is 11.4. The summed E-state index contributed by atoms with van der Waals surface area (Å²) in [6, 6.07) is 3.77. The van der Waals surface area contributed by atoms with E-state index in [9.17, 15) is 4.79 Å². The second-order valence-electron chi connectivity index (χ2n) is 4.82. The standard InChI is InChI=1S/C16H25NO5/c1-6-22-15(18)7-11(2)17-10-12-8-13(19-3)16(21-5)14(9-12)20-4/h8-9,11,17H,6-7,10H2,1-5H3. The molecule has 0 aliphatic carbocycles. The number of carbonyl (C=O) groups is 1. The molecule has 0 bridgehead atoms. The lowest BCUT2D eigenvalue weighted by Crippen LogP contribution is -2.28. The van der Waals surface area contributed by atoms with Crippen LogP contribution >= 0.6 is 0 Å². The van der Waals surface area contributed by atoms with Gasteiger partial charge in [0.15, 0.2) is 11.5 Å². The highest BCUT2D eigenvalue weighted by atomic mass is 16.5. The van der Waals surface area contributed by atoms with Crippen molar-refractivity contribution in [2.75, 3.05) is 27.9 Å². The van der Waals surface area contributed by atoms with Crippen molar-refractivity contribution >= 4 is 5.97 Å². The van der Waals surface area contributed by atoms with E-state index in [4.69, 9.17) is 18.9 Å². The van der Waals surface area contributed by atoms with Gasteiger partial charge in [-0.05, 0) is 31.5 Å². The minimum Gasteiger partial charge on any atom is -0.493 e. The molecule has 0 saturated heterocycles. The van der Waals surface area contributed by atoms with Crippen molar-refractivity contribution in [3.8, 4) is 17.2 Å². The molecule has 0 aliphatic rings. The number of hydrogen-bond donors (Lipinski definition) is 1. The second-order valence-corrected chi connectivity index (χ2v) is 4.82. The third kappa shape index (κ3) is 5.11. The summed E-state index contributed by atoms with van der Waals surface area (Å²) in [5, 5.41) is 3.28. The number of nitrogens with one attached hydrogen (secondary N) is 1. The van der Waals surface area contributed by atoms with E-state index in [2.05, 4.69) is 5.32 Å². The van der Waals surface area contributed by atoms with Crippen LogP contribution in [0.25, 0.3) is 0 Å². The summed E-state index contributed by atoms with van der Waals surface area (Å²) < 4.78 is 20.9. The molecule has 124 valence electrons. The van der Waals surface area contributed by atoms with Gasteiger partial charge in [-0.1, -0.05) is 0 Å². The van der Waals surface area contributed by atoms with Gasteiger partial charge >= 0.3 is 5.97 Å². The van der Waals surface area contributed by atoms with Gasteiger partial charge in [0.2, 0.25) is 5.75 Å². The molecule has 0 heterocycles. The molecule has 1 unspecified atom stereocenters. The predicted molar refractivity (Wildman–Crippen MR) is 83.6 cm³/mol. The molecule has 1 N–H and O–H groups in total. The maximum Gasteiger partial charge on any atom is 0.307 e. The van der Waals surface area contributed by atoms with E-state index in [1.807, 2.05) is 19.1 Å². The van der Waals surface area contributed by atoms with Crippen LogP contribution in [0, 0.1) is 0 Å². The molecule has 6 nitrogen and oxygen atoms in total. The molecule has 22 heavy (non-hydrogen) atoms. The summed E-state index contributed by atoms with van der Waals surface area (Å²) >= 11 is 0. The Morgan fingerprint density at radius 3 is 2.18 bits per heavy atom. The highest BCUT2D eigenvalue weighted by Crippen LogP contribution is 2.38. The Bertz CT molecular complexity index is 464. The van der Waals surface area contributed by atoms with E-state index in [-0.39, 0.29) is 12.0 Å². The molecule has 0 aliphatic heterocycles. The Hall–Kier alpha value is -1.95. The number of methoxy groups -OCH3 is 3. The lowest BCUT2D eigenvalue weighted by Gasteiger charge is -2.16. The van der Waals surface area contributed by atoms with Crippen LogP contribution in [-0.2, 0) is 16.1 Å². The van der Waals surface area contributed by atoms with Crippen LogP contribution in [0.5, 0.6) is 17.2 Å². The summed E-state index contributed by atoms with van der Waals surface area (Å²) in [6.07, 6.45) is 0.332. The zero-order valence-electron chi connectivity index (χ0n) is 13.9. The van der Waals surface area contributed by atoms with E-state index in [0.29, 0.717) is 36.8 Å². The minimum atomic E-state index is -0.201. The monoisotopic (exact) mass is 311 g/mol. The lowest BCUT2D eigenvalue weighted by molar-refractivity contribution is -0.143. The fourth-order valence-electron chi connectivity index (χ4n) is 2.07. The Morgan fingerprint density at radius 2 is 1.73 bits per heavy atom. The van der Waals surface area contributed by atoms with Gasteiger partial charge in [-0.3, -0.25) is 4.79 Å². The Balaban J connectivity index is 2.71. The van der Waals surface area contributed by atoms with Crippen LogP contribution in [0.1, 0.15) is 25.8 Å². The molecule has 0 spiro atoms. The van der Waals surface area contributed by atoms with Crippen molar-refractivity contribution in [3.63, 3.8) is 0 Å². The first kappa shape index (κ1) is 18.1. The molecule has 0 fully saturated rings. The highest BCUT2D eigenvalue weighted by Gasteiger charge is 2.14. The van der Waals surface area contributed by atoms with Crippen LogP contribution in [0.4, 0.5) is 0 Å². The van der Waals surface area contributed by atoms with Crippen molar-refractivity contribution < 1.29 is 23.7 Å². The van der Waals surface area contributed by atoms with Crippen molar-refractivity contribution in [1.82, 2.24) is 5.32 Å². The van der Waals surface area contributed by atoms with Gasteiger partial charge in [-0.25, -0.2) is 0 Å². The van der Waals surface area contributed by atoms with Gasteiger partial charge in [-0.2, -0.15) is 0 Å². The quantitative estimate of drug-likeness (QED) is 0.705. The smallest absolute Gasteiger partial charge is 0.307 e. The molecule has 0 saturated carbocycles. The van der Waals surface area contributed by atoms with E-state index in [0.717, 1.165) is 5.56 Å². The summed E-state index contributed by atoms with van der Waals surface area (Å²) in [7, 11) is 4.73. The molecule has 1 atom stereocenters. The first-order chi connectivity index (χ1) is 10.5. The van der Waals surface area contributed by atoms with Gasteiger partial charge in [0.25, 0.3) is 0 Å². The van der Waals surface area contributed by atoms with Crippen molar-refractivity contribution in [3.05, 3.63) is 17.7 Å². The predicted octanol–water partition coefficient (Wildman–Crippen LogP) is 2.14. The molecule has 0 amide bonds. The average Bonchev–Trinajstić information content (AvgIpc) is 2.51. The molecule has 0 aromatic heterocycles. The topological polar surface area (TPSA) is 66.0 Å². The molecular formula is C16H25NO5. The maximum atomic E-state index is 11.4. The van der Waals surface area contributed by atoms with E-state index in [1.165, 1.54) is 0 Å². The SMILES string of the molecule is CCOC(=O)CC(C)NCc1cc(OC)c(OC)c(OC)c1. The molecule has 6 heteroatoms. The lowest BCUT2D eigenvalue weighted by atomic mass is 10.1. The van der Waals surface area contributed by atoms with Gasteiger partial charge in [0.05, 0.1) is 34.4 Å². The van der Waals surface area contributed by atoms with Crippen LogP contribution in [0.15, 0.2) is 12.1 Å². The number of hydrogen-bond acceptors (Lipinski definition) is 6. The van der Waals surface area contributed by atoms with Gasteiger partial charge in [0, 0.05) is 12.6 Å². The third-order valence-electron chi connectivity index (χ3n) is 3.16. The summed E-state index contributed by atoms with van der Waals surface area (Å²) in [5.41, 5.74) is 0.977. The minimum absolute atomic E-state index is 0.0122. The Kier molecular flexibility index (Phi) is 7.52. The molecular weight excluding hydrogens is 286 g/mol. The number of rotatable bonds is 9. The van der Waals surface area contributed by atoms with Gasteiger partial charge in [0.1, 0.15) is 0 Å². The zero-order chi connectivity index (χ0) is 16.5. The number of esters is 1. The molecule has 0 radical (unpaired) electrons. The summed E-state index contributed by atoms with van der Waals surface area (Å²) in [5.74, 6) is 1.58. The van der Waals surface area contributed by atoms with Crippen LogP contribution in [0.3, 0.4) is 0 Å². The van der Waals surface area contributed by atoms with Crippen molar-refractivity contribution in [2.24, 2.45) is 0 Å². The van der Waals surface area contributed by atoms with E-state index in [1.54, 1.807) is 28.3 Å². The number of ether oxygens (including phenoxy) is 4. The first-order valence-electron chi connectivity index (χ1n) is 7.23. The molecule has 1 aromatic rings. The van der Waals surface area contributed by atoms with E-state index >= 15 is 0 Å². The van der Waals surface area contributed by atoms with Gasteiger partial charge < -0.3 is 24.3 Å². The molecule has 1 rings (SSSR count). The maximum absolute atomic E-state index is 11.4. The average molecular weight is 311 g/mol. The van der Waals surface area contributed by atoms with Gasteiger partial charge in [-0.15, -0.1) is 0 Å². The number of benzene rings is 1. The summed E-state index contributed by atoms with van der Waals surface area (Å²) in [6.45, 7) is 4.72. The molecule has 1 aromatic carbocycles. The Morgan fingerprint density at radius 1 is 1.14 bits per heavy atom. The van der Waals surface area contributed by atoms with Crippen molar-refractivity contribution in [2.45, 2.75) is 32.9 Å². The van der Waals surface area contributed by atoms with Crippen LogP contribution in [0.2, 0.25) is 0 Å². The largest absolute Gasteiger partial charge is 0.493 e. The normalized spacial score (nSPS) is 11.7. The first-order valence-corrected chi connectivity index (χ1v) is 7.23. The fourth-order valence-corrected chi connectivity index (χ4v) is 2.07. The third-order valence-corrected chi connectivity index (χ3v) is 3.16. The zero-order valence-corrected chi connectivity index (χ0v) is 13.9.